The maximum atomic E-state index is 12.4. The Morgan fingerprint density at radius 3 is 2.65 bits per heavy atom. The van der Waals surface area contributed by atoms with Gasteiger partial charge in [-0.3, -0.25) is 0 Å². The molecule has 20 heavy (non-hydrogen) atoms. The van der Waals surface area contributed by atoms with Crippen LogP contribution in [0.25, 0.3) is 0 Å². The zero-order chi connectivity index (χ0) is 15.3. The van der Waals surface area contributed by atoms with E-state index in [2.05, 4.69) is 20.7 Å². The fourth-order valence-corrected chi connectivity index (χ4v) is 3.92. The highest BCUT2D eigenvalue weighted by Crippen LogP contribution is 2.26. The molecule has 1 rings (SSSR count). The fraction of sp³-hybridized carbons (Fsp3) is 0.538. The van der Waals surface area contributed by atoms with Gasteiger partial charge in [0.2, 0.25) is 10.0 Å². The first-order valence-corrected chi connectivity index (χ1v) is 8.59. The van der Waals surface area contributed by atoms with Gasteiger partial charge in [0.1, 0.15) is 0 Å². The van der Waals surface area contributed by atoms with Crippen LogP contribution in [0.1, 0.15) is 25.0 Å². The lowest BCUT2D eigenvalue weighted by molar-refractivity contribution is 0.133. The minimum atomic E-state index is -3.65. The third-order valence-corrected chi connectivity index (χ3v) is 5.30. The SMILES string of the molecule is CCOCC(C)NS(=O)(=O)c1cc(CO)cc(Br)c1C. The van der Waals surface area contributed by atoms with Crippen molar-refractivity contribution in [3.05, 3.63) is 27.7 Å². The van der Waals surface area contributed by atoms with Crippen LogP contribution in [0.5, 0.6) is 0 Å². The molecule has 1 aromatic carbocycles. The predicted molar refractivity (Wildman–Crippen MR) is 81.1 cm³/mol. The predicted octanol–water partition coefficient (Wildman–Crippen LogP) is 1.95. The maximum absolute atomic E-state index is 12.4. The number of nitrogens with one attached hydrogen (secondary N) is 1. The van der Waals surface area contributed by atoms with Gasteiger partial charge in [0.05, 0.1) is 18.1 Å². The van der Waals surface area contributed by atoms with Crippen LogP contribution in [-0.4, -0.2) is 32.8 Å². The first kappa shape index (κ1) is 17.6. The minimum Gasteiger partial charge on any atom is -0.392 e. The van der Waals surface area contributed by atoms with Gasteiger partial charge in [0, 0.05) is 17.1 Å². The highest BCUT2D eigenvalue weighted by Gasteiger charge is 2.21. The van der Waals surface area contributed by atoms with Crippen molar-refractivity contribution in [1.29, 1.82) is 0 Å². The van der Waals surface area contributed by atoms with Gasteiger partial charge in [-0.2, -0.15) is 0 Å². The van der Waals surface area contributed by atoms with Gasteiger partial charge in [-0.1, -0.05) is 15.9 Å². The second kappa shape index (κ2) is 7.51. The molecule has 7 heteroatoms. The van der Waals surface area contributed by atoms with Crippen molar-refractivity contribution < 1.29 is 18.3 Å². The van der Waals surface area contributed by atoms with Crippen molar-refractivity contribution >= 4 is 26.0 Å². The summed E-state index contributed by atoms with van der Waals surface area (Å²) in [6, 6.07) is 2.87. The van der Waals surface area contributed by atoms with Crippen LogP contribution >= 0.6 is 15.9 Å². The van der Waals surface area contributed by atoms with Crippen LogP contribution in [0.15, 0.2) is 21.5 Å². The lowest BCUT2D eigenvalue weighted by atomic mass is 10.2. The van der Waals surface area contributed by atoms with E-state index < -0.39 is 10.0 Å². The van der Waals surface area contributed by atoms with Crippen LogP contribution in [0.2, 0.25) is 0 Å². The lowest BCUT2D eigenvalue weighted by Crippen LogP contribution is -2.36. The normalized spacial score (nSPS) is 13.4. The summed E-state index contributed by atoms with van der Waals surface area (Å²) in [4.78, 5) is 0.166. The molecule has 1 aromatic rings. The Balaban J connectivity index is 3.06. The summed E-state index contributed by atoms with van der Waals surface area (Å²) in [5.41, 5.74) is 1.15. The number of sulfonamides is 1. The summed E-state index contributed by atoms with van der Waals surface area (Å²) >= 11 is 3.31. The molecule has 0 amide bonds. The molecule has 0 saturated heterocycles. The van der Waals surface area contributed by atoms with Crippen molar-refractivity contribution in [2.75, 3.05) is 13.2 Å². The summed E-state index contributed by atoms with van der Waals surface area (Å²) in [5, 5.41) is 9.19. The molecule has 0 aliphatic rings. The fourth-order valence-electron chi connectivity index (χ4n) is 1.73. The van der Waals surface area contributed by atoms with Crippen LogP contribution in [-0.2, 0) is 21.4 Å². The van der Waals surface area contributed by atoms with E-state index in [9.17, 15) is 13.5 Å². The number of benzene rings is 1. The molecule has 0 saturated carbocycles. The van der Waals surface area contributed by atoms with Crippen LogP contribution in [0.3, 0.4) is 0 Å². The number of aliphatic hydroxyl groups is 1. The molecule has 1 atom stereocenters. The molecule has 0 bridgehead atoms. The van der Waals surface area contributed by atoms with Gasteiger partial charge < -0.3 is 9.84 Å². The number of halogens is 1. The molecular formula is C13H20BrNO4S. The van der Waals surface area contributed by atoms with Crippen molar-refractivity contribution in [2.45, 2.75) is 38.3 Å². The number of aliphatic hydroxyl groups excluding tert-OH is 1. The average Bonchev–Trinajstić information content (AvgIpc) is 2.38. The Kier molecular flexibility index (Phi) is 6.60. The summed E-state index contributed by atoms with van der Waals surface area (Å²) in [7, 11) is -3.65. The summed E-state index contributed by atoms with van der Waals surface area (Å²) in [6.45, 7) is 5.95. The van der Waals surface area contributed by atoms with Crippen LogP contribution < -0.4 is 4.72 Å². The van der Waals surface area contributed by atoms with E-state index in [4.69, 9.17) is 4.74 Å². The molecule has 0 spiro atoms. The van der Waals surface area contributed by atoms with Crippen molar-refractivity contribution in [1.82, 2.24) is 4.72 Å². The summed E-state index contributed by atoms with van der Waals surface area (Å²) < 4.78 is 33.2. The number of rotatable bonds is 7. The second-order valence-electron chi connectivity index (χ2n) is 4.54. The Morgan fingerprint density at radius 2 is 2.10 bits per heavy atom. The van der Waals surface area contributed by atoms with E-state index in [0.717, 1.165) is 0 Å². The Morgan fingerprint density at radius 1 is 1.45 bits per heavy atom. The average molecular weight is 366 g/mol. The molecule has 0 aliphatic heterocycles. The number of hydrogen-bond acceptors (Lipinski definition) is 4. The third-order valence-electron chi connectivity index (χ3n) is 2.76. The van der Waals surface area contributed by atoms with Crippen molar-refractivity contribution in [2.24, 2.45) is 0 Å². The molecule has 5 nitrogen and oxygen atoms in total. The highest BCUT2D eigenvalue weighted by molar-refractivity contribution is 9.10. The van der Waals surface area contributed by atoms with E-state index in [1.165, 1.54) is 6.07 Å². The zero-order valence-corrected chi connectivity index (χ0v) is 14.2. The van der Waals surface area contributed by atoms with Gasteiger partial charge in [-0.25, -0.2) is 13.1 Å². The molecule has 0 heterocycles. The smallest absolute Gasteiger partial charge is 0.241 e. The lowest BCUT2D eigenvalue weighted by Gasteiger charge is -2.16. The van der Waals surface area contributed by atoms with E-state index in [0.29, 0.717) is 28.8 Å². The molecular weight excluding hydrogens is 346 g/mol. The van der Waals surface area contributed by atoms with Gasteiger partial charge in [-0.15, -0.1) is 0 Å². The summed E-state index contributed by atoms with van der Waals surface area (Å²) in [5.74, 6) is 0. The van der Waals surface area contributed by atoms with Crippen molar-refractivity contribution in [3.8, 4) is 0 Å². The van der Waals surface area contributed by atoms with Crippen molar-refractivity contribution in [3.63, 3.8) is 0 Å². The van der Waals surface area contributed by atoms with Gasteiger partial charge in [0.15, 0.2) is 0 Å². The van der Waals surface area contributed by atoms with Gasteiger partial charge in [0.25, 0.3) is 0 Å². The van der Waals surface area contributed by atoms with E-state index >= 15 is 0 Å². The van der Waals surface area contributed by atoms with Gasteiger partial charge in [-0.05, 0) is 44.0 Å². The first-order chi connectivity index (χ1) is 9.31. The quantitative estimate of drug-likeness (QED) is 0.774. The Labute approximate surface area is 128 Å². The maximum Gasteiger partial charge on any atom is 0.241 e. The molecule has 0 fully saturated rings. The first-order valence-electron chi connectivity index (χ1n) is 6.31. The molecule has 1 unspecified atom stereocenters. The molecule has 0 radical (unpaired) electrons. The number of ether oxygens (including phenoxy) is 1. The largest absolute Gasteiger partial charge is 0.392 e. The highest BCUT2D eigenvalue weighted by atomic mass is 79.9. The monoisotopic (exact) mass is 365 g/mol. The van der Waals surface area contributed by atoms with E-state index in [1.807, 2.05) is 6.92 Å². The van der Waals surface area contributed by atoms with Crippen LogP contribution in [0.4, 0.5) is 0 Å². The molecule has 2 N–H and O–H groups in total. The van der Waals surface area contributed by atoms with Crippen LogP contribution in [0, 0.1) is 6.92 Å². The molecule has 0 aliphatic carbocycles. The standard InChI is InChI=1S/C13H20BrNO4S/c1-4-19-8-9(2)15-20(17,18)13-6-11(7-16)5-12(14)10(13)3/h5-6,9,15-16H,4,7-8H2,1-3H3. The zero-order valence-electron chi connectivity index (χ0n) is 11.8. The number of hydrogen-bond donors (Lipinski definition) is 2. The van der Waals surface area contributed by atoms with Gasteiger partial charge >= 0.3 is 0 Å². The minimum absolute atomic E-state index is 0.166. The van der Waals surface area contributed by atoms with E-state index in [1.54, 1.807) is 19.9 Å². The second-order valence-corrected chi connectivity index (χ2v) is 7.08. The van der Waals surface area contributed by atoms with E-state index in [-0.39, 0.29) is 17.5 Å². The Hall–Kier alpha value is -0.470. The molecule has 114 valence electrons. The topological polar surface area (TPSA) is 75.6 Å². The Bertz CT molecular complexity index is 560. The third kappa shape index (κ3) is 4.53. The summed E-state index contributed by atoms with van der Waals surface area (Å²) in [6.07, 6.45) is 0. The molecule has 0 aromatic heterocycles.